The number of thiophene rings is 1. The average molecular weight is 896 g/mol. The van der Waals surface area contributed by atoms with Gasteiger partial charge in [-0.3, -0.25) is 14.4 Å². The number of piperidine rings is 1. The van der Waals surface area contributed by atoms with Crippen LogP contribution in [0.15, 0.2) is 76.5 Å². The van der Waals surface area contributed by atoms with Crippen molar-refractivity contribution in [2.45, 2.75) is 110 Å². The number of rotatable bonds is 11. The molecule has 64 heavy (non-hydrogen) atoms. The van der Waals surface area contributed by atoms with E-state index in [0.717, 1.165) is 90.9 Å². The van der Waals surface area contributed by atoms with Gasteiger partial charge < -0.3 is 19.4 Å². The number of carbonyl (C=O) groups excluding carboxylic acids is 1. The first-order valence-corrected chi connectivity index (χ1v) is 23.7. The zero-order valence-corrected chi connectivity index (χ0v) is 38.0. The standard InChI is InChI=1S/C49H51ClN10O3S/c1-29-30(2)64-48-44(29)45(54-41(24-43-52-20-22-62-43)46-58-55-31(3)60(46)48)34-9-7-32(8-10-34)5-6-33-25-49(26-33)19-4-21-59(28-49)42-18-17-40(56-57-42)47(61)53-36-12-15-37(16-13-36)63-38-14-11-35(27-51)39(50)23-38/h7-11,14,17-18,20,22-23,33,36-37,41H,4-6,12-13,15-16,19,21,24-26,28H2,1-3H3,(H,53,61)/t33-,36-,37-,41-,49+/m0/s1. The Balaban J connectivity index is 0.719. The fourth-order valence-electron chi connectivity index (χ4n) is 10.4. The van der Waals surface area contributed by atoms with Crippen LogP contribution < -0.4 is 15.0 Å². The number of benzene rings is 2. The number of halogens is 1. The first-order valence-electron chi connectivity index (χ1n) is 22.5. The molecule has 13 nitrogen and oxygen atoms in total. The summed E-state index contributed by atoms with van der Waals surface area (Å²) >= 11 is 7.95. The number of ether oxygens (including phenoxy) is 1. The van der Waals surface area contributed by atoms with Crippen LogP contribution in [0, 0.1) is 43.4 Å². The minimum absolute atomic E-state index is 0.0354. The van der Waals surface area contributed by atoms with E-state index in [1.165, 1.54) is 41.7 Å². The number of nitrogens with zero attached hydrogens (tertiary/aromatic N) is 9. The molecule has 10 rings (SSSR count). The molecule has 2 aliphatic carbocycles. The number of aryl methyl sites for hydroxylation is 3. The highest BCUT2D eigenvalue weighted by Crippen LogP contribution is 2.53. The molecular formula is C49H51ClN10O3S. The monoisotopic (exact) mass is 894 g/mol. The van der Waals surface area contributed by atoms with E-state index in [0.29, 0.717) is 45.7 Å². The number of aromatic nitrogens is 6. The van der Waals surface area contributed by atoms with Crippen molar-refractivity contribution in [3.8, 4) is 16.8 Å². The van der Waals surface area contributed by atoms with E-state index in [1.54, 1.807) is 42.0 Å². The SMILES string of the molecule is Cc1sc2c(c1C)C(c1ccc(CC[C@H]3C[C@]4(CCCN(c5ccc(C(=O)N[C@H]6CC[C@H](Oc7ccc(C#N)c(Cl)c7)CC6)nn5)C4)C3)cc1)=N[C@@H](Cc1ncco1)c1nnc(C)n1-2. The van der Waals surface area contributed by atoms with E-state index < -0.39 is 0 Å². The zero-order valence-electron chi connectivity index (χ0n) is 36.4. The summed E-state index contributed by atoms with van der Waals surface area (Å²) in [7, 11) is 0. The number of hydrogen-bond donors (Lipinski definition) is 1. The van der Waals surface area contributed by atoms with Crippen molar-refractivity contribution >= 4 is 40.4 Å². The van der Waals surface area contributed by atoms with Gasteiger partial charge in [0.2, 0.25) is 0 Å². The van der Waals surface area contributed by atoms with Crippen LogP contribution in [0.2, 0.25) is 5.02 Å². The van der Waals surface area contributed by atoms with Crippen molar-refractivity contribution < 1.29 is 13.9 Å². The third kappa shape index (κ3) is 8.43. The summed E-state index contributed by atoms with van der Waals surface area (Å²) in [6, 6.07) is 19.8. The molecule has 0 unspecified atom stereocenters. The number of aliphatic imine (C=N–C) groups is 1. The summed E-state index contributed by atoms with van der Waals surface area (Å²) in [5.74, 6) is 4.29. The number of fused-ring (bicyclic) bond motifs is 3. The van der Waals surface area contributed by atoms with Crippen LogP contribution in [0.25, 0.3) is 5.00 Å². The summed E-state index contributed by atoms with van der Waals surface area (Å²) in [4.78, 5) is 26.6. The van der Waals surface area contributed by atoms with Crippen molar-refractivity contribution in [3.05, 3.63) is 128 Å². The van der Waals surface area contributed by atoms with Crippen LogP contribution in [0.1, 0.15) is 125 Å². The summed E-state index contributed by atoms with van der Waals surface area (Å²) < 4.78 is 14.0. The summed E-state index contributed by atoms with van der Waals surface area (Å²) in [5, 5.41) is 31.8. The lowest BCUT2D eigenvalue weighted by Crippen LogP contribution is -2.50. The molecule has 328 valence electrons. The maximum Gasteiger partial charge on any atom is 0.272 e. The van der Waals surface area contributed by atoms with Crippen LogP contribution >= 0.6 is 22.9 Å². The quantitative estimate of drug-likeness (QED) is 0.133. The van der Waals surface area contributed by atoms with Crippen LogP contribution in [0.5, 0.6) is 5.75 Å². The molecule has 1 spiro atoms. The number of oxazole rings is 1. The minimum Gasteiger partial charge on any atom is -0.490 e. The van der Waals surface area contributed by atoms with Gasteiger partial charge in [0.05, 0.1) is 35.0 Å². The lowest BCUT2D eigenvalue weighted by atomic mass is 9.57. The van der Waals surface area contributed by atoms with E-state index in [2.05, 4.69) is 84.3 Å². The van der Waals surface area contributed by atoms with E-state index in [9.17, 15) is 4.79 Å². The van der Waals surface area contributed by atoms with E-state index in [1.807, 2.05) is 19.1 Å². The van der Waals surface area contributed by atoms with Gasteiger partial charge in [-0.2, -0.15) is 5.26 Å². The number of hydrogen-bond acceptors (Lipinski definition) is 12. The maximum absolute atomic E-state index is 13.2. The minimum atomic E-state index is -0.290. The Bertz CT molecular complexity index is 2730. The molecule has 1 saturated heterocycles. The van der Waals surface area contributed by atoms with Gasteiger partial charge >= 0.3 is 0 Å². The van der Waals surface area contributed by atoms with Crippen LogP contribution in [-0.4, -0.2) is 66.8 Å². The molecular weight excluding hydrogens is 844 g/mol. The molecule has 2 saturated carbocycles. The summed E-state index contributed by atoms with van der Waals surface area (Å²) in [6.07, 6.45) is 14.1. The van der Waals surface area contributed by atoms with Crippen molar-refractivity contribution in [1.29, 1.82) is 5.26 Å². The van der Waals surface area contributed by atoms with Gasteiger partial charge in [-0.15, -0.1) is 31.7 Å². The molecule has 3 fully saturated rings. The Kier molecular flexibility index (Phi) is 11.6. The predicted octanol–water partition coefficient (Wildman–Crippen LogP) is 9.44. The van der Waals surface area contributed by atoms with Gasteiger partial charge in [0.25, 0.3) is 5.91 Å². The molecule has 1 N–H and O–H groups in total. The van der Waals surface area contributed by atoms with Gasteiger partial charge in [0, 0.05) is 41.2 Å². The van der Waals surface area contributed by atoms with Crippen LogP contribution in [-0.2, 0) is 12.8 Å². The fourth-order valence-corrected chi connectivity index (χ4v) is 11.8. The van der Waals surface area contributed by atoms with Gasteiger partial charge in [0.15, 0.2) is 23.2 Å². The Morgan fingerprint density at radius 1 is 1.03 bits per heavy atom. The molecule has 0 bridgehead atoms. The molecule has 2 aromatic carbocycles. The topological polar surface area (TPSA) is 160 Å². The number of nitriles is 1. The Morgan fingerprint density at radius 2 is 1.86 bits per heavy atom. The van der Waals surface area contributed by atoms with Crippen molar-refractivity contribution in [2.75, 3.05) is 18.0 Å². The predicted molar refractivity (Wildman–Crippen MR) is 246 cm³/mol. The molecule has 2 aliphatic heterocycles. The molecule has 6 heterocycles. The van der Waals surface area contributed by atoms with E-state index in [4.69, 9.17) is 31.0 Å². The van der Waals surface area contributed by atoms with E-state index >= 15 is 0 Å². The highest BCUT2D eigenvalue weighted by Gasteiger charge is 2.46. The van der Waals surface area contributed by atoms with Crippen molar-refractivity contribution in [1.82, 2.24) is 35.3 Å². The first kappa shape index (κ1) is 42.1. The second-order valence-corrected chi connectivity index (χ2v) is 19.8. The van der Waals surface area contributed by atoms with Gasteiger partial charge in [-0.1, -0.05) is 35.9 Å². The number of anilines is 1. The van der Waals surface area contributed by atoms with Gasteiger partial charge in [-0.25, -0.2) is 4.98 Å². The molecule has 1 amide bonds. The molecule has 0 radical (unpaired) electrons. The largest absolute Gasteiger partial charge is 0.490 e. The van der Waals surface area contributed by atoms with Crippen molar-refractivity contribution in [3.63, 3.8) is 0 Å². The van der Waals surface area contributed by atoms with Gasteiger partial charge in [0.1, 0.15) is 34.9 Å². The summed E-state index contributed by atoms with van der Waals surface area (Å²) in [6.45, 7) is 8.30. The third-order valence-corrected chi connectivity index (χ3v) is 15.3. The van der Waals surface area contributed by atoms with E-state index in [-0.39, 0.29) is 24.1 Å². The van der Waals surface area contributed by atoms with Crippen molar-refractivity contribution in [2.24, 2.45) is 16.3 Å². The third-order valence-electron chi connectivity index (χ3n) is 13.8. The lowest BCUT2D eigenvalue weighted by molar-refractivity contribution is 0.0335. The lowest BCUT2D eigenvalue weighted by Gasteiger charge is -2.53. The second kappa shape index (κ2) is 17.6. The highest BCUT2D eigenvalue weighted by atomic mass is 35.5. The molecule has 6 aromatic rings. The molecule has 4 aliphatic rings. The molecule has 4 aromatic heterocycles. The number of carbonyl (C=O) groups is 1. The number of amides is 1. The molecule has 15 heteroatoms. The summed E-state index contributed by atoms with van der Waals surface area (Å²) in [5.41, 5.74) is 6.88. The zero-order chi connectivity index (χ0) is 44.0. The van der Waals surface area contributed by atoms with Crippen LogP contribution in [0.3, 0.4) is 0 Å². The second-order valence-electron chi connectivity index (χ2n) is 18.2. The normalized spacial score (nSPS) is 22.7. The average Bonchev–Trinajstić information content (AvgIpc) is 4.01. The van der Waals surface area contributed by atoms with Crippen LogP contribution in [0.4, 0.5) is 5.82 Å². The van der Waals surface area contributed by atoms with Gasteiger partial charge in [-0.05, 0) is 132 Å². The molecule has 1 atom stereocenters. The Morgan fingerprint density at radius 3 is 2.59 bits per heavy atom. The Labute approximate surface area is 382 Å². The first-order chi connectivity index (χ1) is 31.1. The Hall–Kier alpha value is -5.91. The highest BCUT2D eigenvalue weighted by molar-refractivity contribution is 7.15. The maximum atomic E-state index is 13.2. The fraction of sp³-hybridized carbons (Fsp3) is 0.429. The number of nitrogens with one attached hydrogen (secondary N) is 1. The smallest absolute Gasteiger partial charge is 0.272 e.